The van der Waals surface area contributed by atoms with Gasteiger partial charge in [0.1, 0.15) is 0 Å². The summed E-state index contributed by atoms with van der Waals surface area (Å²) in [5.41, 5.74) is 6.83. The number of hydrogen-bond acceptors (Lipinski definition) is 4. The quantitative estimate of drug-likeness (QED) is 0.490. The normalized spacial score (nSPS) is 10.8. The molecule has 0 aliphatic heterocycles. The maximum atomic E-state index is 11.9. The minimum absolute atomic E-state index is 0.180. The van der Waals surface area contributed by atoms with E-state index in [9.17, 15) is 4.79 Å². The van der Waals surface area contributed by atoms with Gasteiger partial charge in [0.05, 0.1) is 12.8 Å². The lowest BCUT2D eigenvalue weighted by atomic mass is 10.2. The van der Waals surface area contributed by atoms with Crippen molar-refractivity contribution in [2.24, 2.45) is 5.10 Å². The molecule has 5 heteroatoms. The topological polar surface area (TPSA) is 56.7 Å². The van der Waals surface area contributed by atoms with Crippen LogP contribution in [0.2, 0.25) is 0 Å². The first-order valence-corrected chi connectivity index (χ1v) is 9.59. The number of aryl methyl sites for hydroxylation is 1. The molecule has 0 saturated heterocycles. The number of nitrogens with zero attached hydrogens (tertiary/aromatic N) is 2. The summed E-state index contributed by atoms with van der Waals surface area (Å²) in [6.45, 7) is 8.72. The van der Waals surface area contributed by atoms with Crippen LogP contribution in [0.15, 0.2) is 53.6 Å². The Morgan fingerprint density at radius 2 is 1.63 bits per heavy atom. The molecule has 0 aromatic heterocycles. The number of carbonyl (C=O) groups excluding carboxylic acids is 1. The smallest absolute Gasteiger partial charge is 0.259 e. The summed E-state index contributed by atoms with van der Waals surface area (Å²) in [5.74, 6) is -0.180. The van der Waals surface area contributed by atoms with Crippen molar-refractivity contribution in [3.63, 3.8) is 0 Å². The summed E-state index contributed by atoms with van der Waals surface area (Å²) in [5, 5.41) is 7.11. The number of rotatable bonds is 10. The van der Waals surface area contributed by atoms with Gasteiger partial charge < -0.3 is 10.2 Å². The Balaban J connectivity index is 1.81. The van der Waals surface area contributed by atoms with Crippen LogP contribution in [-0.4, -0.2) is 31.8 Å². The fourth-order valence-corrected chi connectivity index (χ4v) is 2.75. The van der Waals surface area contributed by atoms with Gasteiger partial charge >= 0.3 is 0 Å². The van der Waals surface area contributed by atoms with E-state index in [0.717, 1.165) is 37.2 Å². The molecule has 0 aliphatic carbocycles. The summed E-state index contributed by atoms with van der Waals surface area (Å²) >= 11 is 0. The van der Waals surface area contributed by atoms with Gasteiger partial charge in [-0.15, -0.1) is 0 Å². The zero-order valence-corrected chi connectivity index (χ0v) is 16.5. The first-order valence-electron chi connectivity index (χ1n) is 9.59. The monoisotopic (exact) mass is 366 g/mol. The molecule has 0 aliphatic rings. The second kappa shape index (κ2) is 11.0. The van der Waals surface area contributed by atoms with Crippen molar-refractivity contribution >= 4 is 23.5 Å². The Morgan fingerprint density at radius 3 is 2.22 bits per heavy atom. The molecule has 0 radical (unpaired) electrons. The van der Waals surface area contributed by atoms with Crippen molar-refractivity contribution in [2.75, 3.05) is 29.9 Å². The maximum absolute atomic E-state index is 11.9. The number of carbonyl (C=O) groups is 1. The average Bonchev–Trinajstić information content (AvgIpc) is 2.68. The molecule has 0 heterocycles. The van der Waals surface area contributed by atoms with Gasteiger partial charge in [-0.05, 0) is 49.6 Å². The molecular formula is C22H30N4O. The van der Waals surface area contributed by atoms with Crippen molar-refractivity contribution in [3.8, 4) is 0 Å². The van der Waals surface area contributed by atoms with Crippen LogP contribution in [0.1, 0.15) is 37.8 Å². The van der Waals surface area contributed by atoms with Gasteiger partial charge in [-0.1, -0.05) is 43.7 Å². The van der Waals surface area contributed by atoms with Crippen LogP contribution < -0.4 is 15.6 Å². The third kappa shape index (κ3) is 7.13. The average molecular weight is 367 g/mol. The van der Waals surface area contributed by atoms with E-state index in [1.54, 1.807) is 6.21 Å². The largest absolute Gasteiger partial charge is 0.376 e. The fraction of sp³-hybridized carbons (Fsp3) is 0.364. The maximum Gasteiger partial charge on any atom is 0.259 e. The van der Waals surface area contributed by atoms with Crippen molar-refractivity contribution in [3.05, 3.63) is 59.7 Å². The highest BCUT2D eigenvalue weighted by Gasteiger charge is 2.04. The van der Waals surface area contributed by atoms with Crippen LogP contribution in [0.3, 0.4) is 0 Å². The third-order valence-corrected chi connectivity index (χ3v) is 4.15. The number of anilines is 2. The fourth-order valence-electron chi connectivity index (χ4n) is 2.75. The van der Waals surface area contributed by atoms with Crippen LogP contribution in [-0.2, 0) is 4.79 Å². The van der Waals surface area contributed by atoms with Gasteiger partial charge in [-0.3, -0.25) is 4.79 Å². The van der Waals surface area contributed by atoms with Crippen molar-refractivity contribution in [1.29, 1.82) is 0 Å². The summed E-state index contributed by atoms with van der Waals surface area (Å²) in [7, 11) is 0. The van der Waals surface area contributed by atoms with E-state index < -0.39 is 0 Å². The van der Waals surface area contributed by atoms with E-state index in [0.29, 0.717) is 0 Å². The molecule has 2 aromatic carbocycles. The first-order chi connectivity index (χ1) is 13.1. The van der Waals surface area contributed by atoms with E-state index in [2.05, 4.69) is 46.7 Å². The highest BCUT2D eigenvalue weighted by atomic mass is 16.2. The second-order valence-corrected chi connectivity index (χ2v) is 6.59. The zero-order valence-electron chi connectivity index (χ0n) is 16.5. The number of amides is 1. The lowest BCUT2D eigenvalue weighted by molar-refractivity contribution is -0.119. The molecule has 0 fully saturated rings. The minimum atomic E-state index is -0.180. The Bertz CT molecular complexity index is 717. The molecular weight excluding hydrogens is 336 g/mol. The van der Waals surface area contributed by atoms with Crippen LogP contribution >= 0.6 is 0 Å². The van der Waals surface area contributed by atoms with E-state index in [4.69, 9.17) is 0 Å². The summed E-state index contributed by atoms with van der Waals surface area (Å²) in [4.78, 5) is 14.3. The molecule has 0 spiro atoms. The molecule has 5 nitrogen and oxygen atoms in total. The van der Waals surface area contributed by atoms with Gasteiger partial charge in [0, 0.05) is 24.5 Å². The number of benzene rings is 2. The van der Waals surface area contributed by atoms with E-state index in [1.807, 2.05) is 43.3 Å². The van der Waals surface area contributed by atoms with Crippen LogP contribution in [0.25, 0.3) is 0 Å². The number of hydrogen-bond donors (Lipinski definition) is 2. The molecule has 0 bridgehead atoms. The molecule has 2 aromatic rings. The highest BCUT2D eigenvalue weighted by Crippen LogP contribution is 2.15. The summed E-state index contributed by atoms with van der Waals surface area (Å²) < 4.78 is 0. The van der Waals surface area contributed by atoms with Crippen LogP contribution in [0, 0.1) is 6.92 Å². The zero-order chi connectivity index (χ0) is 19.5. The van der Waals surface area contributed by atoms with E-state index in [-0.39, 0.29) is 12.5 Å². The van der Waals surface area contributed by atoms with Crippen molar-refractivity contribution in [2.45, 2.75) is 33.6 Å². The predicted octanol–water partition coefficient (Wildman–Crippen LogP) is 4.18. The first kappa shape index (κ1) is 20.5. The van der Waals surface area contributed by atoms with Gasteiger partial charge in [0.25, 0.3) is 5.91 Å². The molecule has 2 rings (SSSR count). The van der Waals surface area contributed by atoms with E-state index >= 15 is 0 Å². The molecule has 0 unspecified atom stereocenters. The van der Waals surface area contributed by atoms with E-state index in [1.165, 1.54) is 11.3 Å². The second-order valence-electron chi connectivity index (χ2n) is 6.59. The molecule has 0 atom stereocenters. The van der Waals surface area contributed by atoms with Crippen molar-refractivity contribution < 1.29 is 4.79 Å². The minimum Gasteiger partial charge on any atom is -0.376 e. The lowest BCUT2D eigenvalue weighted by Crippen LogP contribution is -2.26. The summed E-state index contributed by atoms with van der Waals surface area (Å²) in [6, 6.07) is 16.2. The third-order valence-electron chi connectivity index (χ3n) is 4.15. The summed E-state index contributed by atoms with van der Waals surface area (Å²) in [6.07, 6.45) is 3.93. The number of nitrogens with one attached hydrogen (secondary N) is 2. The van der Waals surface area contributed by atoms with Gasteiger partial charge in [-0.2, -0.15) is 5.10 Å². The van der Waals surface area contributed by atoms with Crippen LogP contribution in [0.4, 0.5) is 11.4 Å². The highest BCUT2D eigenvalue weighted by molar-refractivity contribution is 5.84. The molecule has 27 heavy (non-hydrogen) atoms. The number of hydrazone groups is 1. The Hall–Kier alpha value is -2.82. The van der Waals surface area contributed by atoms with Gasteiger partial charge in [0.2, 0.25) is 0 Å². The molecule has 2 N–H and O–H groups in total. The Labute approximate surface area is 162 Å². The lowest BCUT2D eigenvalue weighted by Gasteiger charge is -2.23. The van der Waals surface area contributed by atoms with Gasteiger partial charge in [-0.25, -0.2) is 5.43 Å². The Kier molecular flexibility index (Phi) is 8.36. The SMILES string of the molecule is CCCN(CCC)c1ccc(C=NNC(=O)CNc2ccc(C)cc2)cc1. The van der Waals surface area contributed by atoms with Crippen LogP contribution in [0.5, 0.6) is 0 Å². The van der Waals surface area contributed by atoms with Gasteiger partial charge in [0.15, 0.2) is 0 Å². The predicted molar refractivity (Wildman–Crippen MR) is 115 cm³/mol. The molecule has 144 valence electrons. The Morgan fingerprint density at radius 1 is 1.00 bits per heavy atom. The van der Waals surface area contributed by atoms with Crippen molar-refractivity contribution in [1.82, 2.24) is 5.43 Å². The molecule has 1 amide bonds. The standard InChI is InChI=1S/C22H30N4O/c1-4-14-26(15-5-2)21-12-8-19(9-13-21)16-24-25-22(27)17-23-20-10-6-18(3)7-11-20/h6-13,16,23H,4-5,14-15,17H2,1-3H3,(H,25,27). The molecule has 0 saturated carbocycles.